The minimum atomic E-state index is -0.466. The van der Waals surface area contributed by atoms with E-state index in [-0.39, 0.29) is 18.3 Å². The molecule has 0 aliphatic rings. The molecule has 1 N–H and O–H groups in total. The summed E-state index contributed by atoms with van der Waals surface area (Å²) in [4.78, 5) is 24.4. The molecule has 1 amide bonds. The Hall–Kier alpha value is -4.11. The minimum absolute atomic E-state index is 0.0254. The van der Waals surface area contributed by atoms with E-state index in [2.05, 4.69) is 15.5 Å². The predicted molar refractivity (Wildman–Crippen MR) is 139 cm³/mol. The molecule has 4 aromatic rings. The van der Waals surface area contributed by atoms with Gasteiger partial charge < -0.3 is 14.8 Å². The molecule has 0 bridgehead atoms. The maximum atomic E-state index is 12.9. The number of amides is 1. The normalized spacial score (nSPS) is 11.5. The number of nitrogens with one attached hydrogen (secondary N) is 1. The second kappa shape index (κ2) is 11.5. The fraction of sp³-hybridized carbons (Fsp3) is 0.185. The first-order chi connectivity index (χ1) is 17.5. The lowest BCUT2D eigenvalue weighted by Gasteiger charge is -2.15. The van der Waals surface area contributed by atoms with Gasteiger partial charge in [0.15, 0.2) is 28.3 Å². The van der Waals surface area contributed by atoms with Crippen LogP contribution in [0.2, 0.25) is 0 Å². The Morgan fingerprint density at radius 1 is 0.944 bits per heavy atom. The number of carbonyl (C=O) groups excluding carboxylic acids is 2. The molecule has 36 heavy (non-hydrogen) atoms. The zero-order valence-electron chi connectivity index (χ0n) is 20.2. The van der Waals surface area contributed by atoms with Crippen molar-refractivity contribution in [2.75, 3.05) is 12.4 Å². The molecule has 3 aromatic carbocycles. The second-order valence-electron chi connectivity index (χ2n) is 7.89. The van der Waals surface area contributed by atoms with Crippen LogP contribution in [0.4, 0.5) is 5.69 Å². The predicted octanol–water partition coefficient (Wildman–Crippen LogP) is 5.18. The number of nitrogens with zero attached hydrogens (tertiary/aromatic N) is 3. The van der Waals surface area contributed by atoms with Crippen molar-refractivity contribution < 1.29 is 19.1 Å². The Kier molecular flexibility index (Phi) is 8.02. The van der Waals surface area contributed by atoms with Crippen LogP contribution in [0.5, 0.6) is 11.5 Å². The largest absolute Gasteiger partial charge is 0.493 e. The molecule has 0 aliphatic carbocycles. The van der Waals surface area contributed by atoms with Crippen LogP contribution in [0.3, 0.4) is 0 Å². The van der Waals surface area contributed by atoms with Gasteiger partial charge in [0, 0.05) is 16.9 Å². The number of hydrogen-bond donors (Lipinski definition) is 1. The monoisotopic (exact) mass is 502 g/mol. The van der Waals surface area contributed by atoms with Gasteiger partial charge in [-0.25, -0.2) is 0 Å². The van der Waals surface area contributed by atoms with Gasteiger partial charge in [0.1, 0.15) is 6.61 Å². The molecule has 8 nitrogen and oxygen atoms in total. The van der Waals surface area contributed by atoms with Gasteiger partial charge in [-0.05, 0) is 62.4 Å². The maximum Gasteiger partial charge on any atom is 0.237 e. The summed E-state index contributed by atoms with van der Waals surface area (Å²) in [5, 5.41) is 11.7. The first kappa shape index (κ1) is 25.0. The summed E-state index contributed by atoms with van der Waals surface area (Å²) in [6, 6.07) is 23.9. The van der Waals surface area contributed by atoms with E-state index in [1.165, 1.54) is 18.7 Å². The number of methoxy groups -OCH3 is 1. The number of thioether (sulfide) groups is 1. The first-order valence-electron chi connectivity index (χ1n) is 11.3. The SMILES string of the molecule is COc1ccccc1OCc1nnc(SC(C)C(=O)Nc2ccc(C(C)=O)cc2)n1-c1ccccc1. The minimum Gasteiger partial charge on any atom is -0.493 e. The molecule has 0 saturated heterocycles. The third kappa shape index (κ3) is 5.92. The van der Waals surface area contributed by atoms with Gasteiger partial charge in [-0.2, -0.15) is 0 Å². The zero-order valence-corrected chi connectivity index (χ0v) is 21.0. The number of rotatable bonds is 10. The smallest absolute Gasteiger partial charge is 0.237 e. The van der Waals surface area contributed by atoms with Crippen LogP contribution in [0.15, 0.2) is 84.0 Å². The van der Waals surface area contributed by atoms with Crippen LogP contribution < -0.4 is 14.8 Å². The molecule has 0 radical (unpaired) electrons. The highest BCUT2D eigenvalue weighted by atomic mass is 32.2. The fourth-order valence-corrected chi connectivity index (χ4v) is 4.32. The van der Waals surface area contributed by atoms with E-state index >= 15 is 0 Å². The lowest BCUT2D eigenvalue weighted by atomic mass is 10.1. The summed E-state index contributed by atoms with van der Waals surface area (Å²) in [5.74, 6) is 1.59. The number of anilines is 1. The Labute approximate surface area is 213 Å². The lowest BCUT2D eigenvalue weighted by molar-refractivity contribution is -0.115. The summed E-state index contributed by atoms with van der Waals surface area (Å²) in [7, 11) is 1.59. The topological polar surface area (TPSA) is 95.3 Å². The van der Waals surface area contributed by atoms with Gasteiger partial charge in [-0.15, -0.1) is 10.2 Å². The van der Waals surface area contributed by atoms with Gasteiger partial charge in [0.05, 0.1) is 12.4 Å². The molecule has 0 spiro atoms. The van der Waals surface area contributed by atoms with Gasteiger partial charge in [-0.3, -0.25) is 14.2 Å². The van der Waals surface area contributed by atoms with E-state index < -0.39 is 5.25 Å². The van der Waals surface area contributed by atoms with Crippen molar-refractivity contribution in [1.29, 1.82) is 0 Å². The van der Waals surface area contributed by atoms with E-state index in [0.717, 1.165) is 5.69 Å². The molecular weight excluding hydrogens is 476 g/mol. The standard InChI is InChI=1S/C27H26N4O4S/c1-18(32)20-13-15-21(16-14-20)28-26(33)19(2)36-27-30-29-25(31(27)22-9-5-4-6-10-22)17-35-24-12-8-7-11-23(24)34-3/h4-16,19H,17H2,1-3H3,(H,28,33). The number of ether oxygens (including phenoxy) is 2. The summed E-state index contributed by atoms with van der Waals surface area (Å²) in [6.07, 6.45) is 0. The average Bonchev–Trinajstić information content (AvgIpc) is 3.30. The van der Waals surface area contributed by atoms with Crippen LogP contribution >= 0.6 is 11.8 Å². The average molecular weight is 503 g/mol. The van der Waals surface area contributed by atoms with Crippen molar-refractivity contribution >= 4 is 29.1 Å². The third-order valence-electron chi connectivity index (χ3n) is 5.35. The summed E-state index contributed by atoms with van der Waals surface area (Å²) in [6.45, 7) is 3.47. The molecule has 1 atom stereocenters. The molecule has 0 fully saturated rings. The molecule has 0 saturated carbocycles. The van der Waals surface area contributed by atoms with Crippen molar-refractivity contribution in [2.45, 2.75) is 30.9 Å². The molecule has 1 aromatic heterocycles. The lowest BCUT2D eigenvalue weighted by Crippen LogP contribution is -2.23. The number of aromatic nitrogens is 3. The van der Waals surface area contributed by atoms with Crippen LogP contribution in [-0.4, -0.2) is 38.8 Å². The van der Waals surface area contributed by atoms with E-state index in [4.69, 9.17) is 9.47 Å². The van der Waals surface area contributed by atoms with Gasteiger partial charge >= 0.3 is 0 Å². The number of ketones is 1. The molecule has 9 heteroatoms. The van der Waals surface area contributed by atoms with Gasteiger partial charge in [-0.1, -0.05) is 42.1 Å². The fourth-order valence-electron chi connectivity index (χ4n) is 3.43. The summed E-state index contributed by atoms with van der Waals surface area (Å²) < 4.78 is 13.2. The van der Waals surface area contributed by atoms with Crippen LogP contribution in [0.1, 0.15) is 30.0 Å². The second-order valence-corrected chi connectivity index (χ2v) is 9.20. The molecule has 1 heterocycles. The molecule has 4 rings (SSSR count). The summed E-state index contributed by atoms with van der Waals surface area (Å²) in [5.41, 5.74) is 2.07. The Morgan fingerprint density at radius 2 is 1.61 bits per heavy atom. The molecule has 1 unspecified atom stereocenters. The molecular formula is C27H26N4O4S. The van der Waals surface area contributed by atoms with E-state index in [9.17, 15) is 9.59 Å². The van der Waals surface area contributed by atoms with E-state index in [1.54, 1.807) is 38.3 Å². The molecule has 184 valence electrons. The number of carbonyl (C=O) groups is 2. The molecule has 0 aliphatic heterocycles. The van der Waals surface area contributed by atoms with Crippen LogP contribution in [0.25, 0.3) is 5.69 Å². The Morgan fingerprint density at radius 3 is 2.28 bits per heavy atom. The number of hydrogen-bond acceptors (Lipinski definition) is 7. The Balaban J connectivity index is 1.52. The van der Waals surface area contributed by atoms with E-state index in [1.807, 2.05) is 59.2 Å². The number of para-hydroxylation sites is 3. The van der Waals surface area contributed by atoms with Crippen molar-refractivity contribution in [1.82, 2.24) is 14.8 Å². The van der Waals surface area contributed by atoms with Gasteiger partial charge in [0.25, 0.3) is 0 Å². The third-order valence-corrected chi connectivity index (χ3v) is 6.39. The van der Waals surface area contributed by atoms with E-state index in [0.29, 0.717) is 33.7 Å². The van der Waals surface area contributed by atoms with Crippen molar-refractivity contribution in [2.24, 2.45) is 0 Å². The summed E-state index contributed by atoms with van der Waals surface area (Å²) >= 11 is 1.29. The Bertz CT molecular complexity index is 1340. The maximum absolute atomic E-state index is 12.9. The first-order valence-corrected chi connectivity index (χ1v) is 12.2. The number of benzene rings is 3. The van der Waals surface area contributed by atoms with Crippen LogP contribution in [-0.2, 0) is 11.4 Å². The van der Waals surface area contributed by atoms with Gasteiger partial charge in [0.2, 0.25) is 5.91 Å². The van der Waals surface area contributed by atoms with Crippen molar-refractivity contribution in [3.63, 3.8) is 0 Å². The highest BCUT2D eigenvalue weighted by molar-refractivity contribution is 8.00. The number of Topliss-reactive ketones (excluding diaryl/α,β-unsaturated/α-hetero) is 1. The highest BCUT2D eigenvalue weighted by Crippen LogP contribution is 2.29. The zero-order chi connectivity index (χ0) is 25.5. The van der Waals surface area contributed by atoms with Crippen molar-refractivity contribution in [3.05, 3.63) is 90.3 Å². The quantitative estimate of drug-likeness (QED) is 0.236. The van der Waals surface area contributed by atoms with Crippen molar-refractivity contribution in [3.8, 4) is 17.2 Å². The highest BCUT2D eigenvalue weighted by Gasteiger charge is 2.22. The van der Waals surface area contributed by atoms with Crippen LogP contribution in [0, 0.1) is 0 Å².